The summed E-state index contributed by atoms with van der Waals surface area (Å²) in [5, 5.41) is 11.5. The van der Waals surface area contributed by atoms with Crippen LogP contribution in [0.15, 0.2) is 19.2 Å². The average molecular weight is 283 g/mol. The first-order valence-corrected chi connectivity index (χ1v) is 6.50. The molecule has 1 aromatic carbocycles. The van der Waals surface area contributed by atoms with Gasteiger partial charge in [-0.15, -0.1) is 18.7 Å². The van der Waals surface area contributed by atoms with E-state index in [0.717, 1.165) is 6.42 Å². The maximum atomic E-state index is 13.9. The van der Waals surface area contributed by atoms with Crippen molar-refractivity contribution in [2.45, 2.75) is 31.8 Å². The molecule has 0 atom stereocenters. The van der Waals surface area contributed by atoms with Gasteiger partial charge in [-0.05, 0) is 37.8 Å². The number of β-amino-alcohol motifs (C(OH)–C–C–N with tert-alkyl or cyclic N) is 1. The number of nitrogens with zero attached hydrogens (tertiary/aromatic N) is 1. The molecule has 0 amide bonds. The number of nitrogens with one attached hydrogen (secondary N) is 2. The van der Waals surface area contributed by atoms with E-state index in [0.29, 0.717) is 18.5 Å². The lowest BCUT2D eigenvalue weighted by Gasteiger charge is -2.39. The standard InChI is InChI=1S/C12H15F2N3O.C2H4/c1-7-5-8-11(10(14)9(7)13)17(16-15-8)6-12(18)3-2-4-12;1-2/h5,15-16,18H,2-4,6H2,1H3;1-2H2. The predicted molar refractivity (Wildman–Crippen MR) is 75.3 cm³/mol. The second-order valence-corrected chi connectivity index (χ2v) is 5.12. The molecular formula is C14H19F2N3O. The topological polar surface area (TPSA) is 47.5 Å². The third-order valence-electron chi connectivity index (χ3n) is 3.69. The van der Waals surface area contributed by atoms with Crippen LogP contribution in [-0.2, 0) is 0 Å². The van der Waals surface area contributed by atoms with Crippen LogP contribution >= 0.6 is 0 Å². The number of halogens is 2. The number of hydrogen-bond donors (Lipinski definition) is 3. The molecule has 1 saturated carbocycles. The molecule has 1 fully saturated rings. The molecule has 0 aromatic heterocycles. The van der Waals surface area contributed by atoms with Crippen molar-refractivity contribution in [2.75, 3.05) is 17.0 Å². The molecule has 3 N–H and O–H groups in total. The van der Waals surface area contributed by atoms with Gasteiger partial charge in [0.15, 0.2) is 11.6 Å². The van der Waals surface area contributed by atoms with Crippen molar-refractivity contribution in [2.24, 2.45) is 0 Å². The van der Waals surface area contributed by atoms with Crippen LogP contribution in [0, 0.1) is 18.6 Å². The van der Waals surface area contributed by atoms with Crippen LogP contribution in [0.25, 0.3) is 0 Å². The zero-order valence-electron chi connectivity index (χ0n) is 11.5. The third kappa shape index (κ3) is 2.36. The smallest absolute Gasteiger partial charge is 0.185 e. The minimum atomic E-state index is -0.884. The SMILES string of the molecule is C=C.Cc1cc2c(c(F)c1F)N(CC1(O)CCC1)NN2. The van der Waals surface area contributed by atoms with E-state index in [2.05, 4.69) is 24.1 Å². The molecule has 0 unspecified atom stereocenters. The Hall–Kier alpha value is -1.66. The van der Waals surface area contributed by atoms with Gasteiger partial charge in [0.2, 0.25) is 0 Å². The zero-order valence-corrected chi connectivity index (χ0v) is 11.5. The first-order chi connectivity index (χ1) is 9.50. The van der Waals surface area contributed by atoms with E-state index in [1.807, 2.05) is 0 Å². The summed E-state index contributed by atoms with van der Waals surface area (Å²) in [6.07, 6.45) is 2.35. The third-order valence-corrected chi connectivity index (χ3v) is 3.69. The molecule has 4 nitrogen and oxygen atoms in total. The fourth-order valence-corrected chi connectivity index (χ4v) is 2.44. The van der Waals surface area contributed by atoms with Gasteiger partial charge in [-0.1, -0.05) is 0 Å². The second kappa shape index (κ2) is 5.38. The molecule has 3 rings (SSSR count). The lowest BCUT2D eigenvalue weighted by Crippen LogP contribution is -2.52. The van der Waals surface area contributed by atoms with Crippen LogP contribution in [0.5, 0.6) is 0 Å². The molecule has 2 aliphatic rings. The number of rotatable bonds is 2. The molecule has 0 radical (unpaired) electrons. The first kappa shape index (κ1) is 14.7. The Morgan fingerprint density at radius 1 is 1.35 bits per heavy atom. The number of anilines is 2. The number of benzene rings is 1. The van der Waals surface area contributed by atoms with Crippen LogP contribution in [0.1, 0.15) is 24.8 Å². The van der Waals surface area contributed by atoms with Crippen LogP contribution in [-0.4, -0.2) is 17.3 Å². The summed E-state index contributed by atoms with van der Waals surface area (Å²) in [6, 6.07) is 1.55. The van der Waals surface area contributed by atoms with E-state index >= 15 is 0 Å². The Bertz CT molecular complexity index is 518. The van der Waals surface area contributed by atoms with Crippen LogP contribution < -0.4 is 16.0 Å². The van der Waals surface area contributed by atoms with Crippen molar-refractivity contribution in [3.63, 3.8) is 0 Å². The lowest BCUT2D eigenvalue weighted by atomic mass is 9.80. The maximum Gasteiger partial charge on any atom is 0.185 e. The summed E-state index contributed by atoms with van der Waals surface area (Å²) in [6.45, 7) is 7.76. The summed E-state index contributed by atoms with van der Waals surface area (Å²) in [4.78, 5) is 0. The minimum Gasteiger partial charge on any atom is -0.388 e. The van der Waals surface area contributed by atoms with Gasteiger partial charge in [0.25, 0.3) is 0 Å². The molecule has 0 saturated heterocycles. The van der Waals surface area contributed by atoms with Gasteiger partial charge < -0.3 is 10.5 Å². The summed E-state index contributed by atoms with van der Waals surface area (Å²) in [5.74, 6) is -1.73. The van der Waals surface area contributed by atoms with Gasteiger partial charge in [-0.25, -0.2) is 8.78 Å². The van der Waals surface area contributed by atoms with Gasteiger partial charge in [-0.3, -0.25) is 5.01 Å². The van der Waals surface area contributed by atoms with E-state index in [9.17, 15) is 13.9 Å². The summed E-state index contributed by atoms with van der Waals surface area (Å²) < 4.78 is 27.5. The van der Waals surface area contributed by atoms with E-state index in [-0.39, 0.29) is 17.8 Å². The molecule has 0 bridgehead atoms. The van der Waals surface area contributed by atoms with E-state index in [1.165, 1.54) is 11.9 Å². The van der Waals surface area contributed by atoms with E-state index < -0.39 is 17.2 Å². The lowest BCUT2D eigenvalue weighted by molar-refractivity contribution is -0.0266. The normalized spacial score (nSPS) is 18.5. The maximum absolute atomic E-state index is 13.9. The number of hydrazine groups is 2. The highest BCUT2D eigenvalue weighted by Crippen LogP contribution is 2.39. The number of hydrogen-bond acceptors (Lipinski definition) is 4. The Morgan fingerprint density at radius 2 is 2.00 bits per heavy atom. The Balaban J connectivity index is 0.000000704. The van der Waals surface area contributed by atoms with Gasteiger partial charge >= 0.3 is 0 Å². The first-order valence-electron chi connectivity index (χ1n) is 6.50. The van der Waals surface area contributed by atoms with Crippen molar-refractivity contribution < 1.29 is 13.9 Å². The molecule has 110 valence electrons. The predicted octanol–water partition coefficient (Wildman–Crippen LogP) is 2.64. The summed E-state index contributed by atoms with van der Waals surface area (Å²) >= 11 is 0. The highest BCUT2D eigenvalue weighted by molar-refractivity contribution is 5.74. The van der Waals surface area contributed by atoms with Crippen LogP contribution in [0.3, 0.4) is 0 Å². The van der Waals surface area contributed by atoms with Gasteiger partial charge in [0, 0.05) is 0 Å². The van der Waals surface area contributed by atoms with Crippen molar-refractivity contribution in [3.8, 4) is 0 Å². The zero-order chi connectivity index (χ0) is 14.9. The van der Waals surface area contributed by atoms with E-state index in [4.69, 9.17) is 0 Å². The molecule has 20 heavy (non-hydrogen) atoms. The van der Waals surface area contributed by atoms with Crippen LogP contribution in [0.2, 0.25) is 0 Å². The second-order valence-electron chi connectivity index (χ2n) is 5.12. The largest absolute Gasteiger partial charge is 0.388 e. The quantitative estimate of drug-likeness (QED) is 0.730. The van der Waals surface area contributed by atoms with Gasteiger partial charge in [0.05, 0.1) is 17.8 Å². The Labute approximate surface area is 117 Å². The molecular weight excluding hydrogens is 264 g/mol. The van der Waals surface area contributed by atoms with E-state index in [1.54, 1.807) is 6.07 Å². The molecule has 1 heterocycles. The monoisotopic (exact) mass is 283 g/mol. The Morgan fingerprint density at radius 3 is 2.55 bits per heavy atom. The van der Waals surface area contributed by atoms with Gasteiger partial charge in [0.1, 0.15) is 5.69 Å². The summed E-state index contributed by atoms with van der Waals surface area (Å²) in [5.41, 5.74) is 5.63. The van der Waals surface area contributed by atoms with Crippen molar-refractivity contribution >= 4 is 11.4 Å². The summed E-state index contributed by atoms with van der Waals surface area (Å²) in [7, 11) is 0. The highest BCUT2D eigenvalue weighted by atomic mass is 19.2. The Kier molecular flexibility index (Phi) is 3.96. The molecule has 1 aliphatic carbocycles. The number of aryl methyl sites for hydroxylation is 1. The molecule has 6 heteroatoms. The fourth-order valence-electron chi connectivity index (χ4n) is 2.44. The molecule has 1 aliphatic heterocycles. The van der Waals surface area contributed by atoms with Crippen molar-refractivity contribution in [1.29, 1.82) is 0 Å². The minimum absolute atomic E-state index is 0.137. The molecule has 0 spiro atoms. The van der Waals surface area contributed by atoms with Crippen LogP contribution in [0.4, 0.5) is 20.2 Å². The highest BCUT2D eigenvalue weighted by Gasteiger charge is 2.39. The van der Waals surface area contributed by atoms with Crippen molar-refractivity contribution in [1.82, 2.24) is 5.53 Å². The van der Waals surface area contributed by atoms with Crippen molar-refractivity contribution in [3.05, 3.63) is 36.4 Å². The fraction of sp³-hybridized carbons (Fsp3) is 0.429. The molecule has 1 aromatic rings. The number of aliphatic hydroxyl groups is 1. The average Bonchev–Trinajstić information content (AvgIpc) is 2.79. The van der Waals surface area contributed by atoms with Gasteiger partial charge in [-0.2, -0.15) is 0 Å². The number of fused-ring (bicyclic) bond motifs is 1.